The Morgan fingerprint density at radius 2 is 2.08 bits per heavy atom. The molecule has 0 aromatic heterocycles. The van der Waals surface area contributed by atoms with Crippen molar-refractivity contribution in [2.45, 2.75) is 4.90 Å². The Hall–Kier alpha value is -0.130. The number of benzene rings is 1. The number of rotatable bonds is 2. The van der Waals surface area contributed by atoms with E-state index in [0.717, 1.165) is 0 Å². The molecule has 0 aliphatic rings. The third kappa shape index (κ3) is 3.62. The summed E-state index contributed by atoms with van der Waals surface area (Å²) in [6.07, 6.45) is 1.51. The van der Waals surface area contributed by atoms with E-state index < -0.39 is 10.1 Å². The first-order valence-corrected chi connectivity index (χ1v) is 4.68. The Morgan fingerprint density at radius 1 is 1.46 bits per heavy atom. The van der Waals surface area contributed by atoms with Crippen LogP contribution in [0.4, 0.5) is 0 Å². The summed E-state index contributed by atoms with van der Waals surface area (Å²) in [6, 6.07) is 5.91. The minimum atomic E-state index is -4.08. The van der Waals surface area contributed by atoms with E-state index in [1.807, 2.05) is 0 Å². The van der Waals surface area contributed by atoms with Gasteiger partial charge in [0.1, 0.15) is 0 Å². The van der Waals surface area contributed by atoms with Crippen LogP contribution in [0.1, 0.15) is 6.99 Å². The van der Waals surface area contributed by atoms with Crippen LogP contribution in [0.25, 0.3) is 6.08 Å². The SMILES string of the molecule is C=Cc1cccc(S(=O)(=O)O)c1.[H-].[Na+]. The summed E-state index contributed by atoms with van der Waals surface area (Å²) in [5.74, 6) is 0. The van der Waals surface area contributed by atoms with Gasteiger partial charge in [0.25, 0.3) is 10.1 Å². The average molecular weight is 208 g/mol. The molecule has 13 heavy (non-hydrogen) atoms. The first-order chi connectivity index (χ1) is 5.54. The zero-order valence-corrected chi connectivity index (χ0v) is 10.1. The maximum atomic E-state index is 10.6. The second kappa shape index (κ2) is 4.93. The number of hydrogen-bond acceptors (Lipinski definition) is 2. The van der Waals surface area contributed by atoms with Crippen molar-refractivity contribution >= 4 is 16.2 Å². The summed E-state index contributed by atoms with van der Waals surface area (Å²) in [5, 5.41) is 0. The van der Waals surface area contributed by atoms with E-state index in [0.29, 0.717) is 5.56 Å². The molecule has 0 radical (unpaired) electrons. The predicted molar refractivity (Wildman–Crippen MR) is 47.5 cm³/mol. The normalized spacial score (nSPS) is 10.2. The van der Waals surface area contributed by atoms with Gasteiger partial charge in [0, 0.05) is 0 Å². The van der Waals surface area contributed by atoms with Crippen LogP contribution in [0.2, 0.25) is 0 Å². The molecule has 0 fully saturated rings. The third-order valence-electron chi connectivity index (χ3n) is 1.39. The van der Waals surface area contributed by atoms with Gasteiger partial charge in [-0.15, -0.1) is 0 Å². The summed E-state index contributed by atoms with van der Waals surface area (Å²) >= 11 is 0. The molecule has 0 unspecified atom stereocenters. The maximum absolute atomic E-state index is 10.6. The largest absolute Gasteiger partial charge is 1.00 e. The quantitative estimate of drug-likeness (QED) is 0.485. The van der Waals surface area contributed by atoms with Crippen molar-refractivity contribution in [1.82, 2.24) is 0 Å². The van der Waals surface area contributed by atoms with Crippen molar-refractivity contribution in [1.29, 1.82) is 0 Å². The Balaban J connectivity index is 0. The molecule has 0 spiro atoms. The molecule has 0 atom stereocenters. The van der Waals surface area contributed by atoms with E-state index in [1.54, 1.807) is 12.1 Å². The van der Waals surface area contributed by atoms with Crippen LogP contribution < -0.4 is 29.6 Å². The van der Waals surface area contributed by atoms with Crippen LogP contribution in [-0.4, -0.2) is 13.0 Å². The Morgan fingerprint density at radius 3 is 2.54 bits per heavy atom. The van der Waals surface area contributed by atoms with Crippen molar-refractivity contribution in [2.24, 2.45) is 0 Å². The molecule has 66 valence electrons. The second-order valence-corrected chi connectivity index (χ2v) is 3.67. The fourth-order valence-corrected chi connectivity index (χ4v) is 1.34. The van der Waals surface area contributed by atoms with E-state index in [1.165, 1.54) is 18.2 Å². The van der Waals surface area contributed by atoms with Gasteiger partial charge in [-0.1, -0.05) is 24.8 Å². The van der Waals surface area contributed by atoms with Crippen LogP contribution in [-0.2, 0) is 10.1 Å². The first kappa shape index (κ1) is 12.9. The Kier molecular flexibility index (Phi) is 4.88. The summed E-state index contributed by atoms with van der Waals surface area (Å²) in [4.78, 5) is -0.111. The smallest absolute Gasteiger partial charge is 1.00 e. The molecule has 0 amide bonds. The molecular formula is C8H9NaO3S. The van der Waals surface area contributed by atoms with Crippen LogP contribution in [0, 0.1) is 0 Å². The van der Waals surface area contributed by atoms with Gasteiger partial charge in [-0.2, -0.15) is 8.42 Å². The van der Waals surface area contributed by atoms with E-state index in [9.17, 15) is 8.42 Å². The minimum Gasteiger partial charge on any atom is -1.00 e. The van der Waals surface area contributed by atoms with E-state index in [2.05, 4.69) is 6.58 Å². The molecular weight excluding hydrogens is 199 g/mol. The molecule has 1 rings (SSSR count). The standard InChI is InChI=1S/C8H8O3S.Na.H/c1-2-7-4-3-5-8(6-7)12(9,10)11;;/h2-6H,1H2,(H,9,10,11);;/q;+1;-1. The predicted octanol–water partition coefficient (Wildman–Crippen LogP) is -1.31. The molecule has 0 aliphatic carbocycles. The van der Waals surface area contributed by atoms with Gasteiger partial charge >= 0.3 is 29.6 Å². The average Bonchev–Trinajstić information content (AvgIpc) is 2.03. The van der Waals surface area contributed by atoms with Gasteiger partial charge in [0.2, 0.25) is 0 Å². The van der Waals surface area contributed by atoms with Gasteiger partial charge in [0.05, 0.1) is 4.90 Å². The molecule has 0 saturated carbocycles. The van der Waals surface area contributed by atoms with Crippen molar-refractivity contribution in [3.63, 3.8) is 0 Å². The molecule has 1 aromatic rings. The number of hydrogen-bond donors (Lipinski definition) is 1. The summed E-state index contributed by atoms with van der Waals surface area (Å²) in [6.45, 7) is 3.48. The molecule has 1 aromatic carbocycles. The summed E-state index contributed by atoms with van der Waals surface area (Å²) < 4.78 is 29.9. The van der Waals surface area contributed by atoms with Gasteiger partial charge in [-0.3, -0.25) is 4.55 Å². The molecule has 0 aliphatic heterocycles. The second-order valence-electron chi connectivity index (χ2n) is 2.25. The maximum Gasteiger partial charge on any atom is 1.00 e. The van der Waals surface area contributed by atoms with Crippen molar-refractivity contribution in [3.8, 4) is 0 Å². The third-order valence-corrected chi connectivity index (χ3v) is 2.24. The van der Waals surface area contributed by atoms with Crippen LogP contribution in [0.5, 0.6) is 0 Å². The fourth-order valence-electron chi connectivity index (χ4n) is 0.802. The molecule has 5 heteroatoms. The monoisotopic (exact) mass is 208 g/mol. The van der Waals surface area contributed by atoms with E-state index in [4.69, 9.17) is 4.55 Å². The molecule has 0 heterocycles. The topological polar surface area (TPSA) is 54.4 Å². The summed E-state index contributed by atoms with van der Waals surface area (Å²) in [7, 11) is -4.08. The van der Waals surface area contributed by atoms with Crippen molar-refractivity contribution in [2.75, 3.05) is 0 Å². The molecule has 0 saturated heterocycles. The Bertz CT molecular complexity index is 403. The Labute approximate surface area is 101 Å². The van der Waals surface area contributed by atoms with Crippen LogP contribution in [0.3, 0.4) is 0 Å². The van der Waals surface area contributed by atoms with Crippen LogP contribution >= 0.6 is 0 Å². The molecule has 1 N–H and O–H groups in total. The van der Waals surface area contributed by atoms with Gasteiger partial charge in [0.15, 0.2) is 0 Å². The fraction of sp³-hybridized carbons (Fsp3) is 0. The minimum absolute atomic E-state index is 0. The zero-order chi connectivity index (χ0) is 9.19. The molecule has 3 nitrogen and oxygen atoms in total. The first-order valence-electron chi connectivity index (χ1n) is 3.24. The van der Waals surface area contributed by atoms with Gasteiger partial charge < -0.3 is 1.43 Å². The summed E-state index contributed by atoms with van der Waals surface area (Å²) in [5.41, 5.74) is 0.658. The van der Waals surface area contributed by atoms with Crippen LogP contribution in [0.15, 0.2) is 35.7 Å². The van der Waals surface area contributed by atoms with Crippen molar-refractivity contribution < 1.29 is 44.0 Å². The van der Waals surface area contributed by atoms with Crippen molar-refractivity contribution in [3.05, 3.63) is 36.4 Å². The zero-order valence-electron chi connectivity index (χ0n) is 8.27. The van der Waals surface area contributed by atoms with Gasteiger partial charge in [-0.25, -0.2) is 0 Å². The van der Waals surface area contributed by atoms with Gasteiger partial charge in [-0.05, 0) is 17.7 Å². The van der Waals surface area contributed by atoms with E-state index in [-0.39, 0.29) is 35.9 Å². The molecule has 0 bridgehead atoms. The van der Waals surface area contributed by atoms with E-state index >= 15 is 0 Å².